The number of halogens is 3. The first kappa shape index (κ1) is 22.8. The van der Waals surface area contributed by atoms with Gasteiger partial charge < -0.3 is 10.6 Å². The van der Waals surface area contributed by atoms with E-state index in [2.05, 4.69) is 11.9 Å². The molecule has 2 unspecified atom stereocenters. The zero-order valence-electron chi connectivity index (χ0n) is 14.8. The molecule has 0 radical (unpaired) electrons. The quantitative estimate of drug-likeness (QED) is 0.818. The minimum Gasteiger partial charge on any atom is -0.335 e. The van der Waals surface area contributed by atoms with Crippen molar-refractivity contribution in [3.8, 4) is 0 Å². The van der Waals surface area contributed by atoms with Gasteiger partial charge in [0.15, 0.2) is 0 Å². The summed E-state index contributed by atoms with van der Waals surface area (Å²) in [5.74, 6) is 0.192. The second-order valence-electron chi connectivity index (χ2n) is 6.47. The minimum atomic E-state index is -0.248. The zero-order valence-corrected chi connectivity index (χ0v) is 17.2. The topological polar surface area (TPSA) is 59.2 Å². The Bertz CT molecular complexity index is 739. The molecule has 1 saturated heterocycles. The van der Waals surface area contributed by atoms with E-state index in [0.29, 0.717) is 23.8 Å². The highest BCUT2D eigenvalue weighted by atomic mass is 35.5. The number of carbonyl (C=O) groups excluding carboxylic acids is 1. The van der Waals surface area contributed by atoms with Gasteiger partial charge in [-0.25, -0.2) is 9.37 Å². The standard InChI is InChI=1S/C18H22FN3OS.2ClH/c1-11-7-14(9-20)10-22(11)18(23)17-12(2)21-16(24-17)8-13-3-5-15(19)6-4-13;;/h3-6,11,14H,7-10,20H2,1-2H3;2*1H. The maximum absolute atomic E-state index is 13.0. The molecule has 0 saturated carbocycles. The van der Waals surface area contributed by atoms with Crippen molar-refractivity contribution in [3.63, 3.8) is 0 Å². The molecule has 1 aliphatic rings. The molecule has 2 heterocycles. The molecule has 0 aliphatic carbocycles. The number of amides is 1. The van der Waals surface area contributed by atoms with Crippen molar-refractivity contribution in [3.05, 3.63) is 51.2 Å². The van der Waals surface area contributed by atoms with Crippen molar-refractivity contribution >= 4 is 42.1 Å². The van der Waals surface area contributed by atoms with E-state index in [1.807, 2.05) is 11.8 Å². The van der Waals surface area contributed by atoms with Gasteiger partial charge in [-0.05, 0) is 50.4 Å². The van der Waals surface area contributed by atoms with Gasteiger partial charge >= 0.3 is 0 Å². The predicted octanol–water partition coefficient (Wildman–Crippen LogP) is 3.83. The largest absolute Gasteiger partial charge is 0.335 e. The number of rotatable bonds is 4. The number of hydrogen-bond acceptors (Lipinski definition) is 4. The van der Waals surface area contributed by atoms with Crippen molar-refractivity contribution in [2.75, 3.05) is 13.1 Å². The lowest BCUT2D eigenvalue weighted by Crippen LogP contribution is -2.34. The van der Waals surface area contributed by atoms with Crippen LogP contribution in [0.4, 0.5) is 4.39 Å². The average molecular weight is 420 g/mol. The second kappa shape index (κ2) is 9.65. The molecule has 2 atom stereocenters. The van der Waals surface area contributed by atoms with Gasteiger partial charge in [0.2, 0.25) is 0 Å². The molecule has 8 heteroatoms. The maximum Gasteiger partial charge on any atom is 0.266 e. The van der Waals surface area contributed by atoms with E-state index >= 15 is 0 Å². The van der Waals surface area contributed by atoms with Gasteiger partial charge in [-0.2, -0.15) is 0 Å². The molecule has 1 aliphatic heterocycles. The molecule has 26 heavy (non-hydrogen) atoms. The van der Waals surface area contributed by atoms with E-state index in [1.54, 1.807) is 12.1 Å². The summed E-state index contributed by atoms with van der Waals surface area (Å²) in [6.07, 6.45) is 1.57. The number of thiazole rings is 1. The summed E-state index contributed by atoms with van der Waals surface area (Å²) >= 11 is 1.44. The number of nitrogens with zero attached hydrogens (tertiary/aromatic N) is 2. The molecule has 2 N–H and O–H groups in total. The summed E-state index contributed by atoms with van der Waals surface area (Å²) in [6.45, 7) is 5.29. The Morgan fingerprint density at radius 1 is 1.35 bits per heavy atom. The van der Waals surface area contributed by atoms with Crippen LogP contribution in [0.3, 0.4) is 0 Å². The normalized spacial score (nSPS) is 19.0. The fourth-order valence-electron chi connectivity index (χ4n) is 3.23. The van der Waals surface area contributed by atoms with Gasteiger partial charge in [-0.15, -0.1) is 36.2 Å². The monoisotopic (exact) mass is 419 g/mol. The van der Waals surface area contributed by atoms with Crippen molar-refractivity contribution in [1.82, 2.24) is 9.88 Å². The molecular formula is C18H24Cl2FN3OS. The summed E-state index contributed by atoms with van der Waals surface area (Å²) in [6, 6.07) is 6.61. The molecule has 4 nitrogen and oxygen atoms in total. The first-order valence-corrected chi connectivity index (χ1v) is 9.01. The van der Waals surface area contributed by atoms with Gasteiger partial charge in [0.1, 0.15) is 10.7 Å². The lowest BCUT2D eigenvalue weighted by molar-refractivity contribution is 0.0747. The molecular weight excluding hydrogens is 396 g/mol. The number of nitrogens with two attached hydrogens (primary N) is 1. The Labute approximate surface area is 169 Å². The number of carbonyl (C=O) groups is 1. The molecule has 2 aromatic rings. The second-order valence-corrected chi connectivity index (χ2v) is 7.55. The van der Waals surface area contributed by atoms with Crippen LogP contribution in [-0.4, -0.2) is 34.9 Å². The molecule has 1 fully saturated rings. The van der Waals surface area contributed by atoms with Crippen LogP contribution in [0.25, 0.3) is 0 Å². The summed E-state index contributed by atoms with van der Waals surface area (Å²) in [4.78, 5) is 20.0. The van der Waals surface area contributed by atoms with E-state index in [0.717, 1.165) is 29.2 Å². The Hall–Kier alpha value is -1.21. The van der Waals surface area contributed by atoms with E-state index in [1.165, 1.54) is 23.5 Å². The third-order valence-electron chi connectivity index (χ3n) is 4.56. The lowest BCUT2D eigenvalue weighted by atomic mass is 10.1. The number of aromatic nitrogens is 1. The predicted molar refractivity (Wildman–Crippen MR) is 108 cm³/mol. The highest BCUT2D eigenvalue weighted by Crippen LogP contribution is 2.28. The number of hydrogen-bond donors (Lipinski definition) is 1. The van der Waals surface area contributed by atoms with Crippen molar-refractivity contribution in [1.29, 1.82) is 0 Å². The summed E-state index contributed by atoms with van der Waals surface area (Å²) in [7, 11) is 0. The van der Waals surface area contributed by atoms with Crippen LogP contribution >= 0.6 is 36.2 Å². The van der Waals surface area contributed by atoms with E-state index in [9.17, 15) is 9.18 Å². The van der Waals surface area contributed by atoms with E-state index in [-0.39, 0.29) is 42.6 Å². The Morgan fingerprint density at radius 3 is 2.58 bits per heavy atom. The van der Waals surface area contributed by atoms with Crippen molar-refractivity contribution < 1.29 is 9.18 Å². The smallest absolute Gasteiger partial charge is 0.266 e. The average Bonchev–Trinajstić information content (AvgIpc) is 3.11. The highest BCUT2D eigenvalue weighted by molar-refractivity contribution is 7.13. The van der Waals surface area contributed by atoms with Gasteiger partial charge in [0, 0.05) is 19.0 Å². The van der Waals surface area contributed by atoms with Crippen LogP contribution < -0.4 is 5.73 Å². The van der Waals surface area contributed by atoms with Gasteiger partial charge in [0.05, 0.1) is 10.7 Å². The Kier molecular flexibility index (Phi) is 8.47. The Balaban J connectivity index is 0.00000169. The summed E-state index contributed by atoms with van der Waals surface area (Å²) in [5.41, 5.74) is 7.51. The number of likely N-dealkylation sites (tertiary alicyclic amines) is 1. The van der Waals surface area contributed by atoms with Crippen LogP contribution in [0.2, 0.25) is 0 Å². The van der Waals surface area contributed by atoms with Crippen molar-refractivity contribution in [2.45, 2.75) is 32.7 Å². The van der Waals surface area contributed by atoms with E-state index < -0.39 is 0 Å². The van der Waals surface area contributed by atoms with Crippen LogP contribution in [0.15, 0.2) is 24.3 Å². The lowest BCUT2D eigenvalue weighted by Gasteiger charge is -2.20. The van der Waals surface area contributed by atoms with Crippen LogP contribution in [0.1, 0.15) is 39.3 Å². The zero-order chi connectivity index (χ0) is 17.3. The Morgan fingerprint density at radius 2 is 2.00 bits per heavy atom. The number of benzene rings is 1. The highest BCUT2D eigenvalue weighted by Gasteiger charge is 2.33. The molecule has 1 aromatic carbocycles. The first-order valence-electron chi connectivity index (χ1n) is 8.19. The van der Waals surface area contributed by atoms with Crippen LogP contribution in [-0.2, 0) is 6.42 Å². The maximum atomic E-state index is 13.0. The van der Waals surface area contributed by atoms with E-state index in [4.69, 9.17) is 5.73 Å². The van der Waals surface area contributed by atoms with Gasteiger partial charge in [-0.3, -0.25) is 4.79 Å². The summed E-state index contributed by atoms with van der Waals surface area (Å²) in [5, 5.41) is 0.879. The van der Waals surface area contributed by atoms with Crippen molar-refractivity contribution in [2.24, 2.45) is 11.7 Å². The molecule has 0 spiro atoms. The first-order chi connectivity index (χ1) is 11.5. The van der Waals surface area contributed by atoms with Gasteiger partial charge in [0.25, 0.3) is 5.91 Å². The molecule has 1 aromatic heterocycles. The third kappa shape index (κ3) is 4.94. The molecule has 3 rings (SSSR count). The number of aryl methyl sites for hydroxylation is 1. The van der Waals surface area contributed by atoms with Crippen LogP contribution in [0, 0.1) is 18.7 Å². The van der Waals surface area contributed by atoms with Gasteiger partial charge in [-0.1, -0.05) is 12.1 Å². The fraction of sp³-hybridized carbons (Fsp3) is 0.444. The SMILES string of the molecule is Cc1nc(Cc2ccc(F)cc2)sc1C(=O)N1CC(CN)CC1C.Cl.Cl. The third-order valence-corrected chi connectivity index (χ3v) is 5.70. The molecule has 0 bridgehead atoms. The fourth-order valence-corrected chi connectivity index (χ4v) is 4.28. The summed E-state index contributed by atoms with van der Waals surface area (Å²) < 4.78 is 13.0. The molecule has 1 amide bonds. The van der Waals surface area contributed by atoms with Crippen LogP contribution in [0.5, 0.6) is 0 Å². The minimum absolute atomic E-state index is 0. The molecule has 144 valence electrons.